The van der Waals surface area contributed by atoms with Crippen LogP contribution in [0.5, 0.6) is 0 Å². The van der Waals surface area contributed by atoms with Crippen LogP contribution in [0, 0.1) is 5.92 Å². The topological polar surface area (TPSA) is 48.5 Å². The van der Waals surface area contributed by atoms with Crippen molar-refractivity contribution in [1.82, 2.24) is 20.1 Å². The minimum atomic E-state index is 0.190. The zero-order valence-electron chi connectivity index (χ0n) is 15.5. The van der Waals surface area contributed by atoms with E-state index in [2.05, 4.69) is 39.2 Å². The van der Waals surface area contributed by atoms with Crippen LogP contribution in [-0.4, -0.2) is 59.5 Å². The third kappa shape index (κ3) is 5.25. The number of pyridine rings is 1. The Hall–Kier alpha value is -1.46. The summed E-state index contributed by atoms with van der Waals surface area (Å²) in [5.74, 6) is 0.455. The van der Waals surface area contributed by atoms with Gasteiger partial charge in [0.15, 0.2) is 0 Å². The lowest BCUT2D eigenvalue weighted by Crippen LogP contribution is -2.50. The fourth-order valence-electron chi connectivity index (χ4n) is 4.13. The molecule has 25 heavy (non-hydrogen) atoms. The maximum absolute atomic E-state index is 12.3. The molecule has 0 saturated carbocycles. The second-order valence-corrected chi connectivity index (χ2v) is 7.49. The van der Waals surface area contributed by atoms with Gasteiger partial charge in [0.1, 0.15) is 0 Å². The second kappa shape index (κ2) is 9.30. The minimum absolute atomic E-state index is 0.190. The first-order valence-electron chi connectivity index (χ1n) is 9.89. The minimum Gasteiger partial charge on any atom is -0.356 e. The number of carbonyl (C=O) groups excluding carboxylic acids is 1. The Morgan fingerprint density at radius 3 is 2.68 bits per heavy atom. The first kappa shape index (κ1) is 18.3. The van der Waals surface area contributed by atoms with Gasteiger partial charge < -0.3 is 5.32 Å². The van der Waals surface area contributed by atoms with Crippen molar-refractivity contribution in [2.75, 3.05) is 32.7 Å². The van der Waals surface area contributed by atoms with Gasteiger partial charge >= 0.3 is 0 Å². The average Bonchev–Trinajstić information content (AvgIpc) is 2.67. The zero-order valence-corrected chi connectivity index (χ0v) is 15.5. The highest BCUT2D eigenvalue weighted by Crippen LogP contribution is 2.24. The Morgan fingerprint density at radius 1 is 1.20 bits per heavy atom. The Morgan fingerprint density at radius 2 is 1.96 bits per heavy atom. The van der Waals surface area contributed by atoms with Crippen LogP contribution in [0.4, 0.5) is 0 Å². The van der Waals surface area contributed by atoms with Gasteiger partial charge in [0.2, 0.25) is 5.91 Å². The molecule has 2 aliphatic rings. The van der Waals surface area contributed by atoms with E-state index < -0.39 is 0 Å². The third-order valence-corrected chi connectivity index (χ3v) is 5.60. The molecule has 2 saturated heterocycles. The molecule has 1 atom stereocenters. The van der Waals surface area contributed by atoms with Crippen LogP contribution >= 0.6 is 0 Å². The lowest BCUT2D eigenvalue weighted by atomic mass is 9.93. The molecular formula is C20H32N4O. The predicted octanol–water partition coefficient (Wildman–Crippen LogP) is 2.28. The molecule has 2 fully saturated rings. The highest BCUT2D eigenvalue weighted by atomic mass is 16.1. The SMILES string of the molecule is CCCNC(=O)C1CCCN(C2CCN(Cc3ccncc3)CC2)C1. The van der Waals surface area contributed by atoms with Crippen molar-refractivity contribution in [1.29, 1.82) is 0 Å². The van der Waals surface area contributed by atoms with Crippen molar-refractivity contribution in [3.63, 3.8) is 0 Å². The molecule has 0 aliphatic carbocycles. The Bertz CT molecular complexity index is 528. The zero-order chi connectivity index (χ0) is 17.5. The van der Waals surface area contributed by atoms with Gasteiger partial charge in [-0.25, -0.2) is 0 Å². The van der Waals surface area contributed by atoms with Crippen LogP contribution in [-0.2, 0) is 11.3 Å². The van der Waals surface area contributed by atoms with Crippen LogP contribution in [0.25, 0.3) is 0 Å². The van der Waals surface area contributed by atoms with Gasteiger partial charge in [-0.05, 0) is 69.4 Å². The van der Waals surface area contributed by atoms with Crippen LogP contribution in [0.1, 0.15) is 44.6 Å². The first-order valence-corrected chi connectivity index (χ1v) is 9.89. The van der Waals surface area contributed by atoms with E-state index >= 15 is 0 Å². The van der Waals surface area contributed by atoms with Crippen LogP contribution in [0.3, 0.4) is 0 Å². The normalized spacial score (nSPS) is 23.5. The lowest BCUT2D eigenvalue weighted by Gasteiger charge is -2.42. The van der Waals surface area contributed by atoms with Gasteiger partial charge in [-0.3, -0.25) is 19.6 Å². The molecule has 0 bridgehead atoms. The van der Waals surface area contributed by atoms with Crippen molar-refractivity contribution in [3.8, 4) is 0 Å². The highest BCUT2D eigenvalue weighted by Gasteiger charge is 2.31. The number of carbonyl (C=O) groups is 1. The Balaban J connectivity index is 1.45. The number of aromatic nitrogens is 1. The number of amides is 1. The van der Waals surface area contributed by atoms with Crippen molar-refractivity contribution in [3.05, 3.63) is 30.1 Å². The molecule has 1 amide bonds. The van der Waals surface area contributed by atoms with Gasteiger partial charge in [0.25, 0.3) is 0 Å². The van der Waals surface area contributed by atoms with Gasteiger partial charge in [0.05, 0.1) is 5.92 Å². The summed E-state index contributed by atoms with van der Waals surface area (Å²) in [6.45, 7) is 8.34. The Kier molecular flexibility index (Phi) is 6.82. The largest absolute Gasteiger partial charge is 0.356 e. The van der Waals surface area contributed by atoms with Gasteiger partial charge in [-0.2, -0.15) is 0 Å². The van der Waals surface area contributed by atoms with E-state index in [1.54, 1.807) is 0 Å². The molecule has 0 aromatic carbocycles. The maximum atomic E-state index is 12.3. The molecule has 5 nitrogen and oxygen atoms in total. The standard InChI is InChI=1S/C20H32N4O/c1-2-9-22-20(25)18-4-3-12-24(16-18)19-7-13-23(14-8-19)15-17-5-10-21-11-6-17/h5-6,10-11,18-19H,2-4,7-9,12-16H2,1H3,(H,22,25). The van der Waals surface area contributed by atoms with Gasteiger partial charge in [-0.15, -0.1) is 0 Å². The van der Waals surface area contributed by atoms with E-state index in [4.69, 9.17) is 0 Å². The van der Waals surface area contributed by atoms with E-state index in [-0.39, 0.29) is 11.8 Å². The summed E-state index contributed by atoms with van der Waals surface area (Å²) in [4.78, 5) is 21.5. The summed E-state index contributed by atoms with van der Waals surface area (Å²) in [6, 6.07) is 4.86. The van der Waals surface area contributed by atoms with Crippen molar-refractivity contribution in [2.24, 2.45) is 5.92 Å². The third-order valence-electron chi connectivity index (χ3n) is 5.60. The molecule has 0 spiro atoms. The molecule has 2 aliphatic heterocycles. The lowest BCUT2D eigenvalue weighted by molar-refractivity contribution is -0.127. The van der Waals surface area contributed by atoms with Crippen LogP contribution in [0.2, 0.25) is 0 Å². The summed E-state index contributed by atoms with van der Waals surface area (Å²) in [7, 11) is 0. The number of hydrogen-bond donors (Lipinski definition) is 1. The molecule has 0 radical (unpaired) electrons. The number of likely N-dealkylation sites (tertiary alicyclic amines) is 2. The van der Waals surface area contributed by atoms with Gasteiger partial charge in [-0.1, -0.05) is 6.92 Å². The molecule has 3 heterocycles. The number of rotatable bonds is 6. The van der Waals surface area contributed by atoms with Crippen LogP contribution in [0.15, 0.2) is 24.5 Å². The summed E-state index contributed by atoms with van der Waals surface area (Å²) in [5, 5.41) is 3.08. The fourth-order valence-corrected chi connectivity index (χ4v) is 4.13. The molecule has 5 heteroatoms. The maximum Gasteiger partial charge on any atom is 0.224 e. The van der Waals surface area contributed by atoms with E-state index in [9.17, 15) is 4.79 Å². The van der Waals surface area contributed by atoms with E-state index in [1.807, 2.05) is 12.4 Å². The van der Waals surface area contributed by atoms with E-state index in [1.165, 1.54) is 18.4 Å². The summed E-state index contributed by atoms with van der Waals surface area (Å²) >= 11 is 0. The van der Waals surface area contributed by atoms with Crippen molar-refractivity contribution >= 4 is 5.91 Å². The fraction of sp³-hybridized carbons (Fsp3) is 0.700. The summed E-state index contributed by atoms with van der Waals surface area (Å²) in [5.41, 5.74) is 1.35. The number of piperidine rings is 2. The molecule has 1 aromatic rings. The summed E-state index contributed by atoms with van der Waals surface area (Å²) in [6.07, 6.45) is 9.40. The molecule has 3 rings (SSSR count). The first-order chi connectivity index (χ1) is 12.3. The second-order valence-electron chi connectivity index (χ2n) is 7.49. The van der Waals surface area contributed by atoms with E-state index in [0.29, 0.717) is 6.04 Å². The van der Waals surface area contributed by atoms with E-state index in [0.717, 1.165) is 58.5 Å². The molecule has 1 N–H and O–H groups in total. The van der Waals surface area contributed by atoms with Crippen molar-refractivity contribution < 1.29 is 4.79 Å². The highest BCUT2D eigenvalue weighted by molar-refractivity contribution is 5.78. The summed E-state index contributed by atoms with van der Waals surface area (Å²) < 4.78 is 0. The molecule has 1 aromatic heterocycles. The molecule has 1 unspecified atom stereocenters. The molecular weight excluding hydrogens is 312 g/mol. The monoisotopic (exact) mass is 344 g/mol. The number of hydrogen-bond acceptors (Lipinski definition) is 4. The van der Waals surface area contributed by atoms with Gasteiger partial charge in [0, 0.05) is 38.1 Å². The number of nitrogens with zero attached hydrogens (tertiary/aromatic N) is 3. The number of nitrogens with one attached hydrogen (secondary N) is 1. The molecule has 138 valence electrons. The average molecular weight is 345 g/mol. The van der Waals surface area contributed by atoms with Crippen LogP contribution < -0.4 is 5.32 Å². The Labute approximate surface area is 151 Å². The quantitative estimate of drug-likeness (QED) is 0.860. The van der Waals surface area contributed by atoms with Crippen molar-refractivity contribution in [2.45, 2.75) is 51.6 Å². The predicted molar refractivity (Wildman–Crippen MR) is 100 cm³/mol. The smallest absolute Gasteiger partial charge is 0.224 e.